The Hall–Kier alpha value is -2.21. The average Bonchev–Trinajstić information content (AvgIpc) is 2.86. The summed E-state index contributed by atoms with van der Waals surface area (Å²) in [6.45, 7) is 3.71. The first kappa shape index (κ1) is 11.9. The summed E-state index contributed by atoms with van der Waals surface area (Å²) in [6, 6.07) is 5.08. The Morgan fingerprint density at radius 3 is 2.89 bits per heavy atom. The number of urea groups is 1. The van der Waals surface area contributed by atoms with Gasteiger partial charge in [-0.25, -0.2) is 4.79 Å². The molecule has 1 aliphatic rings. The van der Waals surface area contributed by atoms with Gasteiger partial charge in [-0.3, -0.25) is 0 Å². The molecule has 3 rings (SSSR count). The van der Waals surface area contributed by atoms with Crippen molar-refractivity contribution in [2.24, 2.45) is 5.73 Å². The second-order valence-electron chi connectivity index (χ2n) is 4.56. The van der Waals surface area contributed by atoms with Gasteiger partial charge in [0.15, 0.2) is 5.58 Å². The van der Waals surface area contributed by atoms with E-state index in [9.17, 15) is 4.79 Å². The Balaban J connectivity index is 2.04. The molecule has 0 bridgehead atoms. The third-order valence-corrected chi connectivity index (χ3v) is 3.26. The van der Waals surface area contributed by atoms with Crippen LogP contribution in [-0.2, 0) is 0 Å². The molecule has 0 atom stereocenters. The zero-order valence-corrected chi connectivity index (χ0v) is 10.5. The van der Waals surface area contributed by atoms with Gasteiger partial charge in [0.2, 0.25) is 0 Å². The Kier molecular flexibility index (Phi) is 3.00. The van der Waals surface area contributed by atoms with Crippen molar-refractivity contribution in [3.63, 3.8) is 0 Å². The first-order valence-electron chi connectivity index (χ1n) is 6.27. The predicted octanol–water partition coefficient (Wildman–Crippen LogP) is 1.33. The highest BCUT2D eigenvalue weighted by Gasteiger charge is 2.16. The first-order chi connectivity index (χ1) is 9.24. The van der Waals surface area contributed by atoms with Crippen LogP contribution in [0.4, 0.5) is 16.2 Å². The second kappa shape index (κ2) is 4.81. The highest BCUT2D eigenvalue weighted by atomic mass is 16.3. The molecule has 2 heterocycles. The summed E-state index contributed by atoms with van der Waals surface area (Å²) in [5.41, 5.74) is 7.70. The van der Waals surface area contributed by atoms with Gasteiger partial charge in [-0.15, -0.1) is 0 Å². The third-order valence-electron chi connectivity index (χ3n) is 3.26. The molecule has 6 nitrogen and oxygen atoms in total. The van der Waals surface area contributed by atoms with Crippen molar-refractivity contribution >= 4 is 28.4 Å². The molecule has 2 aromatic rings. The number of furan rings is 1. The van der Waals surface area contributed by atoms with E-state index in [2.05, 4.69) is 15.5 Å². The molecule has 0 unspecified atom stereocenters. The number of fused-ring (bicyclic) bond motifs is 1. The van der Waals surface area contributed by atoms with Crippen molar-refractivity contribution in [1.82, 2.24) is 5.32 Å². The number of amides is 2. The molecule has 4 N–H and O–H groups in total. The van der Waals surface area contributed by atoms with Gasteiger partial charge >= 0.3 is 6.03 Å². The largest absolute Gasteiger partial charge is 0.462 e. The van der Waals surface area contributed by atoms with Crippen LogP contribution in [0.2, 0.25) is 0 Å². The summed E-state index contributed by atoms with van der Waals surface area (Å²) in [4.78, 5) is 13.2. The average molecular weight is 260 g/mol. The van der Waals surface area contributed by atoms with Crippen molar-refractivity contribution in [2.45, 2.75) is 0 Å². The van der Waals surface area contributed by atoms with Crippen molar-refractivity contribution < 1.29 is 9.21 Å². The number of nitrogens with two attached hydrogens (primary N) is 1. The van der Waals surface area contributed by atoms with Crippen LogP contribution in [0.1, 0.15) is 0 Å². The van der Waals surface area contributed by atoms with Gasteiger partial charge in [0, 0.05) is 37.3 Å². The van der Waals surface area contributed by atoms with Crippen LogP contribution < -0.4 is 21.3 Å². The van der Waals surface area contributed by atoms with E-state index in [1.807, 2.05) is 18.2 Å². The van der Waals surface area contributed by atoms with E-state index in [1.165, 1.54) is 0 Å². The Bertz CT molecular complexity index is 602. The fraction of sp³-hybridized carbons (Fsp3) is 0.308. The van der Waals surface area contributed by atoms with Crippen LogP contribution in [-0.4, -0.2) is 32.2 Å². The maximum absolute atomic E-state index is 11.0. The molecule has 0 aliphatic carbocycles. The minimum atomic E-state index is -0.561. The van der Waals surface area contributed by atoms with Gasteiger partial charge in [0.25, 0.3) is 0 Å². The molecule has 1 saturated heterocycles. The zero-order chi connectivity index (χ0) is 13.2. The quantitative estimate of drug-likeness (QED) is 0.760. The number of nitrogens with zero attached hydrogens (tertiary/aromatic N) is 1. The van der Waals surface area contributed by atoms with Gasteiger partial charge in [-0.2, -0.15) is 0 Å². The minimum absolute atomic E-state index is 0.561. The molecular formula is C13H16N4O2. The number of benzene rings is 1. The predicted molar refractivity (Wildman–Crippen MR) is 74.5 cm³/mol. The molecule has 1 fully saturated rings. The lowest BCUT2D eigenvalue weighted by atomic mass is 10.1. The van der Waals surface area contributed by atoms with Crippen LogP contribution in [0.3, 0.4) is 0 Å². The van der Waals surface area contributed by atoms with E-state index < -0.39 is 6.03 Å². The number of nitrogens with one attached hydrogen (secondary N) is 2. The monoisotopic (exact) mass is 260 g/mol. The van der Waals surface area contributed by atoms with E-state index in [0.29, 0.717) is 5.69 Å². The molecule has 0 radical (unpaired) electrons. The number of hydrogen-bond acceptors (Lipinski definition) is 4. The summed E-state index contributed by atoms with van der Waals surface area (Å²) in [5.74, 6) is 0. The minimum Gasteiger partial charge on any atom is -0.462 e. The van der Waals surface area contributed by atoms with Crippen molar-refractivity contribution in [3.05, 3.63) is 24.5 Å². The number of piperazine rings is 1. The van der Waals surface area contributed by atoms with E-state index in [1.54, 1.807) is 6.26 Å². The number of carbonyl (C=O) groups excluding carboxylic acids is 1. The number of rotatable bonds is 2. The summed E-state index contributed by atoms with van der Waals surface area (Å²) in [5, 5.41) is 6.89. The van der Waals surface area contributed by atoms with Crippen molar-refractivity contribution in [1.29, 1.82) is 0 Å². The van der Waals surface area contributed by atoms with Crippen LogP contribution in [0.15, 0.2) is 28.9 Å². The lowest BCUT2D eigenvalue weighted by Gasteiger charge is -2.29. The molecule has 100 valence electrons. The number of anilines is 2. The SMILES string of the molecule is NC(=O)Nc1cc(N2CCNCC2)c2occc2c1. The van der Waals surface area contributed by atoms with Crippen molar-refractivity contribution in [2.75, 3.05) is 36.4 Å². The summed E-state index contributed by atoms with van der Waals surface area (Å²) >= 11 is 0. The molecule has 19 heavy (non-hydrogen) atoms. The molecule has 6 heteroatoms. The fourth-order valence-electron chi connectivity index (χ4n) is 2.42. The maximum atomic E-state index is 11.0. The smallest absolute Gasteiger partial charge is 0.316 e. The van der Waals surface area contributed by atoms with Gasteiger partial charge in [0.1, 0.15) is 0 Å². The highest BCUT2D eigenvalue weighted by molar-refractivity contribution is 5.97. The van der Waals surface area contributed by atoms with E-state index in [0.717, 1.165) is 42.8 Å². The van der Waals surface area contributed by atoms with Crippen molar-refractivity contribution in [3.8, 4) is 0 Å². The van der Waals surface area contributed by atoms with Crippen LogP contribution in [0.5, 0.6) is 0 Å². The van der Waals surface area contributed by atoms with Crippen LogP contribution in [0.25, 0.3) is 11.0 Å². The first-order valence-corrected chi connectivity index (χ1v) is 6.27. The normalized spacial score (nSPS) is 15.7. The summed E-state index contributed by atoms with van der Waals surface area (Å²) in [7, 11) is 0. The zero-order valence-electron chi connectivity index (χ0n) is 10.5. The number of hydrogen-bond donors (Lipinski definition) is 3. The molecule has 0 saturated carbocycles. The van der Waals surface area contributed by atoms with Gasteiger partial charge < -0.3 is 25.7 Å². The number of carbonyl (C=O) groups is 1. The Labute approximate surface area is 110 Å². The Morgan fingerprint density at radius 2 is 2.16 bits per heavy atom. The molecule has 1 aliphatic heterocycles. The van der Waals surface area contributed by atoms with Gasteiger partial charge in [0.05, 0.1) is 12.0 Å². The highest BCUT2D eigenvalue weighted by Crippen LogP contribution is 2.32. The summed E-state index contributed by atoms with van der Waals surface area (Å²) in [6.07, 6.45) is 1.66. The topological polar surface area (TPSA) is 83.5 Å². The van der Waals surface area contributed by atoms with E-state index in [-0.39, 0.29) is 0 Å². The molecule has 1 aromatic carbocycles. The van der Waals surface area contributed by atoms with Gasteiger partial charge in [-0.05, 0) is 18.2 Å². The maximum Gasteiger partial charge on any atom is 0.316 e. The fourth-order valence-corrected chi connectivity index (χ4v) is 2.42. The summed E-state index contributed by atoms with van der Waals surface area (Å²) < 4.78 is 5.56. The lowest BCUT2D eigenvalue weighted by molar-refractivity contribution is 0.259. The standard InChI is InChI=1S/C13H16N4O2/c14-13(18)16-10-7-9-1-6-19-12(9)11(8-10)17-4-2-15-3-5-17/h1,6-8,15H,2-5H2,(H3,14,16,18). The third kappa shape index (κ3) is 2.34. The molecular weight excluding hydrogens is 244 g/mol. The second-order valence-corrected chi connectivity index (χ2v) is 4.56. The van der Waals surface area contributed by atoms with E-state index in [4.69, 9.17) is 10.2 Å². The molecule has 1 aromatic heterocycles. The lowest BCUT2D eigenvalue weighted by Crippen LogP contribution is -2.43. The molecule has 0 spiro atoms. The molecule has 2 amide bonds. The van der Waals surface area contributed by atoms with Crippen LogP contribution in [0, 0.1) is 0 Å². The van der Waals surface area contributed by atoms with Crippen LogP contribution >= 0.6 is 0 Å². The van der Waals surface area contributed by atoms with Gasteiger partial charge in [-0.1, -0.05) is 0 Å². The Morgan fingerprint density at radius 1 is 1.37 bits per heavy atom. The number of primary amides is 1. The van der Waals surface area contributed by atoms with E-state index >= 15 is 0 Å².